The van der Waals surface area contributed by atoms with Crippen LogP contribution in [-0.4, -0.2) is 28.4 Å². The molecule has 5 heteroatoms. The number of para-hydroxylation sites is 2. The Morgan fingerprint density at radius 1 is 1.19 bits per heavy atom. The summed E-state index contributed by atoms with van der Waals surface area (Å²) in [5, 5.41) is 1.28. The van der Waals surface area contributed by atoms with Gasteiger partial charge in [-0.15, -0.1) is 0 Å². The first-order chi connectivity index (χ1) is 7.83. The van der Waals surface area contributed by atoms with Crippen LogP contribution < -0.4 is 5.73 Å². The second-order valence-corrected chi connectivity index (χ2v) is 4.97. The van der Waals surface area contributed by atoms with Crippen LogP contribution in [0.5, 0.6) is 0 Å². The van der Waals surface area contributed by atoms with Crippen molar-refractivity contribution in [3.8, 4) is 0 Å². The van der Waals surface area contributed by atoms with Crippen molar-refractivity contribution in [2.45, 2.75) is 10.3 Å². The van der Waals surface area contributed by atoms with Crippen molar-refractivity contribution in [3.05, 3.63) is 24.3 Å². The van der Waals surface area contributed by atoms with Crippen LogP contribution in [-0.2, 0) is 4.74 Å². The van der Waals surface area contributed by atoms with Crippen molar-refractivity contribution in [2.75, 3.05) is 18.9 Å². The van der Waals surface area contributed by atoms with Gasteiger partial charge in [0.2, 0.25) is 0 Å². The van der Waals surface area contributed by atoms with E-state index in [4.69, 9.17) is 10.5 Å². The van der Waals surface area contributed by atoms with Gasteiger partial charge in [-0.3, -0.25) is 0 Å². The molecule has 2 N–H and O–H groups in total. The number of hydrogen-bond donors (Lipinski definition) is 1. The van der Waals surface area contributed by atoms with Crippen LogP contribution in [0.3, 0.4) is 0 Å². The smallest absolute Gasteiger partial charge is 0.156 e. The minimum atomic E-state index is 0.470. The first kappa shape index (κ1) is 9.86. The second kappa shape index (κ2) is 3.92. The zero-order chi connectivity index (χ0) is 11.0. The molecule has 1 aliphatic rings. The van der Waals surface area contributed by atoms with Crippen LogP contribution in [0.15, 0.2) is 29.3 Å². The first-order valence-corrected chi connectivity index (χ1v) is 5.97. The van der Waals surface area contributed by atoms with Gasteiger partial charge in [-0.1, -0.05) is 23.9 Å². The van der Waals surface area contributed by atoms with Crippen LogP contribution in [0.1, 0.15) is 0 Å². The molecule has 0 bridgehead atoms. The summed E-state index contributed by atoms with van der Waals surface area (Å²) >= 11 is 1.65. The van der Waals surface area contributed by atoms with Crippen molar-refractivity contribution in [1.29, 1.82) is 0 Å². The molecule has 3 rings (SSSR count). The number of nitrogens with two attached hydrogens (primary N) is 1. The molecule has 82 valence electrons. The molecule has 2 aromatic rings. The number of benzene rings is 1. The van der Waals surface area contributed by atoms with Gasteiger partial charge in [0.15, 0.2) is 5.82 Å². The van der Waals surface area contributed by atoms with Gasteiger partial charge in [-0.2, -0.15) is 0 Å². The fraction of sp³-hybridized carbons (Fsp3) is 0.273. The summed E-state index contributed by atoms with van der Waals surface area (Å²) in [6.45, 7) is 1.55. The third-order valence-electron chi connectivity index (χ3n) is 2.45. The lowest BCUT2D eigenvalue weighted by atomic mass is 10.3. The number of aromatic nitrogens is 2. The Bertz CT molecular complexity index is 528. The standard InChI is InChI=1S/C11H11N3OS/c12-10-11(16-7-5-15-6-7)14-9-4-2-1-3-8(9)13-10/h1-4,7H,5-6H2,(H2,12,13). The third-order valence-corrected chi connectivity index (χ3v) is 3.58. The molecule has 1 saturated heterocycles. The highest BCUT2D eigenvalue weighted by Crippen LogP contribution is 2.30. The highest BCUT2D eigenvalue weighted by Gasteiger charge is 2.21. The Balaban J connectivity index is 1.99. The molecule has 1 aromatic carbocycles. The van der Waals surface area contributed by atoms with Crippen molar-refractivity contribution < 1.29 is 4.74 Å². The fourth-order valence-electron chi connectivity index (χ4n) is 1.52. The van der Waals surface area contributed by atoms with Gasteiger partial charge in [0.1, 0.15) is 5.03 Å². The van der Waals surface area contributed by atoms with E-state index in [1.807, 2.05) is 24.3 Å². The van der Waals surface area contributed by atoms with E-state index in [1.165, 1.54) is 0 Å². The average Bonchev–Trinajstić information content (AvgIpc) is 2.23. The number of rotatable bonds is 2. The SMILES string of the molecule is Nc1nc2ccccc2nc1SC1COC1. The lowest BCUT2D eigenvalue weighted by Gasteiger charge is -2.24. The Hall–Kier alpha value is -1.33. The number of anilines is 1. The molecule has 0 spiro atoms. The van der Waals surface area contributed by atoms with E-state index in [9.17, 15) is 0 Å². The van der Waals surface area contributed by atoms with E-state index >= 15 is 0 Å². The maximum absolute atomic E-state index is 5.88. The third kappa shape index (κ3) is 1.72. The molecule has 16 heavy (non-hydrogen) atoms. The van der Waals surface area contributed by atoms with Gasteiger partial charge in [-0.25, -0.2) is 9.97 Å². The van der Waals surface area contributed by atoms with Crippen molar-refractivity contribution in [2.24, 2.45) is 0 Å². The lowest BCUT2D eigenvalue weighted by molar-refractivity contribution is 0.0455. The van der Waals surface area contributed by atoms with E-state index in [0.717, 1.165) is 29.3 Å². The Kier molecular flexibility index (Phi) is 2.41. The van der Waals surface area contributed by atoms with E-state index in [2.05, 4.69) is 9.97 Å². The lowest BCUT2D eigenvalue weighted by Crippen LogP contribution is -2.30. The van der Waals surface area contributed by atoms with Crippen molar-refractivity contribution >= 4 is 28.6 Å². The van der Waals surface area contributed by atoms with E-state index in [1.54, 1.807) is 11.8 Å². The summed E-state index contributed by atoms with van der Waals surface area (Å²) in [5.41, 5.74) is 7.61. The van der Waals surface area contributed by atoms with Crippen molar-refractivity contribution in [3.63, 3.8) is 0 Å². The highest BCUT2D eigenvalue weighted by molar-refractivity contribution is 8.00. The average molecular weight is 233 g/mol. The number of thioether (sulfide) groups is 1. The van der Waals surface area contributed by atoms with Gasteiger partial charge < -0.3 is 10.5 Å². The zero-order valence-corrected chi connectivity index (χ0v) is 9.41. The van der Waals surface area contributed by atoms with Crippen LogP contribution in [0.4, 0.5) is 5.82 Å². The molecule has 0 unspecified atom stereocenters. The van der Waals surface area contributed by atoms with Crippen LogP contribution in [0.25, 0.3) is 11.0 Å². The quantitative estimate of drug-likeness (QED) is 0.855. The molecule has 1 fully saturated rings. The van der Waals surface area contributed by atoms with Gasteiger partial charge in [0, 0.05) is 0 Å². The molecule has 0 amide bonds. The molecule has 0 saturated carbocycles. The van der Waals surface area contributed by atoms with Crippen LogP contribution in [0.2, 0.25) is 0 Å². The molecule has 0 atom stereocenters. The Morgan fingerprint density at radius 2 is 1.88 bits per heavy atom. The van der Waals surface area contributed by atoms with Crippen LogP contribution in [0, 0.1) is 0 Å². The molecule has 1 aromatic heterocycles. The number of nitrogens with zero attached hydrogens (tertiary/aromatic N) is 2. The summed E-state index contributed by atoms with van der Waals surface area (Å²) in [6.07, 6.45) is 0. The Morgan fingerprint density at radius 3 is 2.50 bits per heavy atom. The predicted molar refractivity (Wildman–Crippen MR) is 64.4 cm³/mol. The number of nitrogen functional groups attached to an aromatic ring is 1. The number of fused-ring (bicyclic) bond motifs is 1. The Labute approximate surface area is 97.2 Å². The largest absolute Gasteiger partial charge is 0.381 e. The maximum Gasteiger partial charge on any atom is 0.156 e. The maximum atomic E-state index is 5.88. The summed E-state index contributed by atoms with van der Waals surface area (Å²) in [5.74, 6) is 0.510. The van der Waals surface area contributed by atoms with E-state index in [-0.39, 0.29) is 0 Å². The fourth-order valence-corrected chi connectivity index (χ4v) is 2.49. The van der Waals surface area contributed by atoms with E-state index < -0.39 is 0 Å². The molecule has 2 heterocycles. The van der Waals surface area contributed by atoms with Gasteiger partial charge >= 0.3 is 0 Å². The zero-order valence-electron chi connectivity index (χ0n) is 8.59. The molecule has 4 nitrogen and oxygen atoms in total. The number of ether oxygens (including phenoxy) is 1. The molecular weight excluding hydrogens is 222 g/mol. The predicted octanol–water partition coefficient (Wildman–Crippen LogP) is 1.70. The monoisotopic (exact) mass is 233 g/mol. The summed E-state index contributed by atoms with van der Waals surface area (Å²) in [7, 11) is 0. The number of hydrogen-bond acceptors (Lipinski definition) is 5. The van der Waals surface area contributed by atoms with Gasteiger partial charge in [0.05, 0.1) is 29.5 Å². The minimum Gasteiger partial charge on any atom is -0.381 e. The summed E-state index contributed by atoms with van der Waals surface area (Å²) < 4.78 is 5.12. The normalized spacial score (nSPS) is 16.2. The second-order valence-electron chi connectivity index (χ2n) is 3.68. The summed E-state index contributed by atoms with van der Waals surface area (Å²) in [4.78, 5) is 8.86. The van der Waals surface area contributed by atoms with E-state index in [0.29, 0.717) is 11.1 Å². The van der Waals surface area contributed by atoms with Crippen molar-refractivity contribution in [1.82, 2.24) is 9.97 Å². The topological polar surface area (TPSA) is 61.0 Å². The molecule has 0 aliphatic carbocycles. The van der Waals surface area contributed by atoms with Gasteiger partial charge in [0.25, 0.3) is 0 Å². The molecule has 0 radical (unpaired) electrons. The highest BCUT2D eigenvalue weighted by atomic mass is 32.2. The molecular formula is C11H11N3OS. The molecule has 1 aliphatic heterocycles. The first-order valence-electron chi connectivity index (χ1n) is 5.09. The minimum absolute atomic E-state index is 0.470. The van der Waals surface area contributed by atoms with Gasteiger partial charge in [-0.05, 0) is 12.1 Å². The summed E-state index contributed by atoms with van der Waals surface area (Å²) in [6, 6.07) is 7.75. The van der Waals surface area contributed by atoms with Crippen LogP contribution >= 0.6 is 11.8 Å².